The number of halogens is 5. The van der Waals surface area contributed by atoms with Crippen LogP contribution in [0.4, 0.5) is 17.6 Å². The van der Waals surface area contributed by atoms with E-state index < -0.39 is 58.1 Å². The monoisotopic (exact) mass is 370 g/mol. The number of terminal acetylenes is 1. The van der Waals surface area contributed by atoms with Gasteiger partial charge in [0, 0.05) is 11.5 Å². The van der Waals surface area contributed by atoms with Gasteiger partial charge >= 0.3 is 5.97 Å². The van der Waals surface area contributed by atoms with E-state index >= 15 is 0 Å². The average Bonchev–Trinajstić information content (AvgIpc) is 2.55. The second kappa shape index (κ2) is 7.58. The first-order valence-corrected chi connectivity index (χ1v) is 7.40. The SMILES string of the molecule is C#CC(c1ccc(F)cc1)C(CC(=O)O)c1c(F)c(F)cc(Cl)c1F. The number of carbonyl (C=O) groups is 1. The molecule has 0 fully saturated rings. The Labute approximate surface area is 146 Å². The number of aliphatic carboxylic acids is 1. The van der Waals surface area contributed by atoms with Gasteiger partial charge in [-0.05, 0) is 23.8 Å². The fourth-order valence-electron chi connectivity index (χ4n) is 2.61. The van der Waals surface area contributed by atoms with Gasteiger partial charge in [0.1, 0.15) is 11.6 Å². The minimum Gasteiger partial charge on any atom is -0.481 e. The highest BCUT2D eigenvalue weighted by Crippen LogP contribution is 2.40. The Balaban J connectivity index is 2.66. The first-order valence-electron chi connectivity index (χ1n) is 7.02. The fraction of sp³-hybridized carbons (Fsp3) is 0.167. The van der Waals surface area contributed by atoms with Crippen molar-refractivity contribution >= 4 is 17.6 Å². The van der Waals surface area contributed by atoms with Gasteiger partial charge < -0.3 is 5.11 Å². The van der Waals surface area contributed by atoms with Crippen LogP contribution in [0.2, 0.25) is 5.02 Å². The number of carboxylic acid groups (broad SMARTS) is 1. The van der Waals surface area contributed by atoms with E-state index in [1.807, 2.05) is 0 Å². The van der Waals surface area contributed by atoms with Crippen LogP contribution in [-0.2, 0) is 4.79 Å². The van der Waals surface area contributed by atoms with E-state index in [0.717, 1.165) is 12.1 Å². The first-order chi connectivity index (χ1) is 11.8. The topological polar surface area (TPSA) is 37.3 Å². The van der Waals surface area contributed by atoms with Crippen molar-refractivity contribution in [3.63, 3.8) is 0 Å². The van der Waals surface area contributed by atoms with Gasteiger partial charge in [0.05, 0.1) is 17.4 Å². The van der Waals surface area contributed by atoms with Crippen LogP contribution in [0.5, 0.6) is 0 Å². The minimum absolute atomic E-state index is 0.259. The molecule has 0 aliphatic rings. The zero-order valence-electron chi connectivity index (χ0n) is 12.6. The summed E-state index contributed by atoms with van der Waals surface area (Å²) in [5, 5.41) is 8.41. The van der Waals surface area contributed by atoms with Gasteiger partial charge in [0.25, 0.3) is 0 Å². The molecule has 2 rings (SSSR count). The van der Waals surface area contributed by atoms with Crippen molar-refractivity contribution in [1.29, 1.82) is 0 Å². The lowest BCUT2D eigenvalue weighted by molar-refractivity contribution is -0.137. The van der Waals surface area contributed by atoms with E-state index in [0.29, 0.717) is 6.07 Å². The molecule has 0 radical (unpaired) electrons. The van der Waals surface area contributed by atoms with Gasteiger partial charge in [-0.1, -0.05) is 29.7 Å². The Kier molecular flexibility index (Phi) is 5.70. The van der Waals surface area contributed by atoms with E-state index in [9.17, 15) is 22.4 Å². The third kappa shape index (κ3) is 3.94. The molecule has 0 aliphatic heterocycles. The van der Waals surface area contributed by atoms with Gasteiger partial charge in [-0.2, -0.15) is 0 Å². The molecule has 0 aromatic heterocycles. The summed E-state index contributed by atoms with van der Waals surface area (Å²) >= 11 is 5.56. The van der Waals surface area contributed by atoms with Crippen molar-refractivity contribution < 1.29 is 27.5 Å². The van der Waals surface area contributed by atoms with Crippen LogP contribution in [0.3, 0.4) is 0 Å². The van der Waals surface area contributed by atoms with Crippen molar-refractivity contribution in [3.8, 4) is 12.3 Å². The largest absolute Gasteiger partial charge is 0.481 e. The van der Waals surface area contributed by atoms with Crippen molar-refractivity contribution in [2.45, 2.75) is 18.3 Å². The Morgan fingerprint density at radius 1 is 1.16 bits per heavy atom. The predicted molar refractivity (Wildman–Crippen MR) is 84.3 cm³/mol. The van der Waals surface area contributed by atoms with E-state index in [4.69, 9.17) is 23.1 Å². The number of hydrogen-bond donors (Lipinski definition) is 1. The predicted octanol–water partition coefficient (Wildman–Crippen LogP) is 4.87. The molecule has 2 aromatic carbocycles. The molecular weight excluding hydrogens is 360 g/mol. The lowest BCUT2D eigenvalue weighted by atomic mass is 9.79. The van der Waals surface area contributed by atoms with Crippen LogP contribution in [-0.4, -0.2) is 11.1 Å². The van der Waals surface area contributed by atoms with Gasteiger partial charge in [0.15, 0.2) is 11.6 Å². The van der Waals surface area contributed by atoms with Crippen molar-refractivity contribution in [2.24, 2.45) is 0 Å². The molecule has 0 aliphatic carbocycles. The van der Waals surface area contributed by atoms with Crippen LogP contribution in [0.25, 0.3) is 0 Å². The van der Waals surface area contributed by atoms with Crippen LogP contribution in [0.1, 0.15) is 29.4 Å². The van der Waals surface area contributed by atoms with E-state index in [-0.39, 0.29) is 5.56 Å². The molecule has 7 heteroatoms. The summed E-state index contributed by atoms with van der Waals surface area (Å²) in [5.74, 6) is -6.57. The standard InChI is InChI=1S/C18H11ClF4O2/c1-2-11(9-3-5-10(20)6-4-9)12(7-15(24)25)16-17(22)13(19)8-14(21)18(16)23/h1,3-6,8,11-12H,7H2,(H,24,25). The van der Waals surface area contributed by atoms with Crippen LogP contribution < -0.4 is 0 Å². The number of carboxylic acids is 1. The quantitative estimate of drug-likeness (QED) is 0.463. The third-order valence-electron chi connectivity index (χ3n) is 3.72. The van der Waals surface area contributed by atoms with E-state index in [2.05, 4.69) is 5.92 Å². The molecule has 2 nitrogen and oxygen atoms in total. The molecular formula is C18H11ClF4O2. The average molecular weight is 371 g/mol. The molecule has 25 heavy (non-hydrogen) atoms. The molecule has 1 N–H and O–H groups in total. The zero-order valence-corrected chi connectivity index (χ0v) is 13.3. The number of benzene rings is 2. The lowest BCUT2D eigenvalue weighted by Gasteiger charge is -2.24. The molecule has 2 atom stereocenters. The van der Waals surface area contributed by atoms with Crippen LogP contribution in [0, 0.1) is 35.6 Å². The summed E-state index contributed by atoms with van der Waals surface area (Å²) in [7, 11) is 0. The van der Waals surface area contributed by atoms with Crippen molar-refractivity contribution in [2.75, 3.05) is 0 Å². The van der Waals surface area contributed by atoms with Crippen molar-refractivity contribution in [3.05, 3.63) is 69.8 Å². The lowest BCUT2D eigenvalue weighted by Crippen LogP contribution is -2.18. The van der Waals surface area contributed by atoms with E-state index in [1.54, 1.807) is 0 Å². The Morgan fingerprint density at radius 3 is 2.28 bits per heavy atom. The summed E-state index contributed by atoms with van der Waals surface area (Å²) in [6.07, 6.45) is 4.65. The fourth-order valence-corrected chi connectivity index (χ4v) is 2.80. The molecule has 2 unspecified atom stereocenters. The smallest absolute Gasteiger partial charge is 0.304 e. The molecule has 0 bridgehead atoms. The van der Waals surface area contributed by atoms with E-state index in [1.165, 1.54) is 12.1 Å². The second-order valence-corrected chi connectivity index (χ2v) is 5.69. The number of hydrogen-bond acceptors (Lipinski definition) is 1. The Bertz CT molecular complexity index is 817. The maximum atomic E-state index is 14.4. The zero-order chi connectivity index (χ0) is 18.7. The maximum Gasteiger partial charge on any atom is 0.304 e. The minimum atomic E-state index is -1.56. The highest BCUT2D eigenvalue weighted by molar-refractivity contribution is 6.30. The van der Waals surface area contributed by atoms with Crippen molar-refractivity contribution in [1.82, 2.24) is 0 Å². The molecule has 0 spiro atoms. The van der Waals surface area contributed by atoms with Gasteiger partial charge in [0.2, 0.25) is 0 Å². The number of rotatable bonds is 5. The Morgan fingerprint density at radius 2 is 1.76 bits per heavy atom. The molecule has 0 saturated carbocycles. The third-order valence-corrected chi connectivity index (χ3v) is 4.00. The normalized spacial score (nSPS) is 13.1. The molecule has 0 heterocycles. The maximum absolute atomic E-state index is 14.4. The highest BCUT2D eigenvalue weighted by Gasteiger charge is 2.33. The summed E-state index contributed by atoms with van der Waals surface area (Å²) in [4.78, 5) is 11.2. The summed E-state index contributed by atoms with van der Waals surface area (Å²) in [6.45, 7) is 0. The highest BCUT2D eigenvalue weighted by atomic mass is 35.5. The molecule has 0 saturated heterocycles. The van der Waals surface area contributed by atoms with Gasteiger partial charge in [-0.25, -0.2) is 17.6 Å². The van der Waals surface area contributed by atoms with Gasteiger partial charge in [-0.15, -0.1) is 6.42 Å². The van der Waals surface area contributed by atoms with Crippen LogP contribution >= 0.6 is 11.6 Å². The summed E-state index contributed by atoms with van der Waals surface area (Å²) in [6, 6.07) is 5.14. The molecule has 0 amide bonds. The molecule has 2 aromatic rings. The summed E-state index contributed by atoms with van der Waals surface area (Å²) < 4.78 is 55.3. The second-order valence-electron chi connectivity index (χ2n) is 5.28. The first kappa shape index (κ1) is 18.8. The van der Waals surface area contributed by atoms with Gasteiger partial charge in [-0.3, -0.25) is 4.79 Å². The molecule has 130 valence electrons. The Hall–Kier alpha value is -2.52. The summed E-state index contributed by atoms with van der Waals surface area (Å²) in [5.41, 5.74) is -0.589. The van der Waals surface area contributed by atoms with Crippen LogP contribution in [0.15, 0.2) is 30.3 Å².